The van der Waals surface area contributed by atoms with Crippen molar-refractivity contribution in [2.45, 2.75) is 13.0 Å². The van der Waals surface area contributed by atoms with Gasteiger partial charge in [-0.25, -0.2) is 9.79 Å². The molecule has 0 unspecified atom stereocenters. The third-order valence-corrected chi connectivity index (χ3v) is 8.03. The van der Waals surface area contributed by atoms with Gasteiger partial charge in [0.05, 0.1) is 46.0 Å². The maximum atomic E-state index is 14.0. The zero-order valence-corrected chi connectivity index (χ0v) is 24.4. The fourth-order valence-corrected chi connectivity index (χ4v) is 6.08. The fraction of sp³-hybridized carbons (Fsp3) is 0.121. The van der Waals surface area contributed by atoms with E-state index in [9.17, 15) is 19.7 Å². The lowest BCUT2D eigenvalue weighted by molar-refractivity contribution is -0.384. The van der Waals surface area contributed by atoms with Gasteiger partial charge in [-0.1, -0.05) is 72.0 Å². The molecule has 0 bridgehead atoms. The topological polar surface area (TPSA) is 126 Å². The molecule has 0 spiro atoms. The van der Waals surface area contributed by atoms with Crippen LogP contribution in [0.3, 0.4) is 0 Å². The molecule has 3 heterocycles. The van der Waals surface area contributed by atoms with Crippen molar-refractivity contribution in [3.63, 3.8) is 0 Å². The van der Waals surface area contributed by atoms with Crippen molar-refractivity contribution in [2.75, 3.05) is 13.7 Å². The van der Waals surface area contributed by atoms with Crippen LogP contribution in [0.1, 0.15) is 29.9 Å². The number of furan rings is 1. The molecule has 0 aliphatic carbocycles. The van der Waals surface area contributed by atoms with Crippen LogP contribution in [0.4, 0.5) is 5.69 Å². The monoisotopic (exact) mass is 607 g/mol. The van der Waals surface area contributed by atoms with Crippen LogP contribution in [0.15, 0.2) is 111 Å². The first kappa shape index (κ1) is 28.6. The lowest BCUT2D eigenvalue weighted by Crippen LogP contribution is -2.39. The van der Waals surface area contributed by atoms with Gasteiger partial charge >= 0.3 is 5.97 Å². The van der Waals surface area contributed by atoms with E-state index < -0.39 is 16.9 Å². The van der Waals surface area contributed by atoms with E-state index in [1.165, 1.54) is 41.2 Å². The quantitative estimate of drug-likeness (QED) is 0.136. The van der Waals surface area contributed by atoms with Gasteiger partial charge in [0.15, 0.2) is 4.80 Å². The van der Waals surface area contributed by atoms with E-state index in [1.54, 1.807) is 25.1 Å². The number of fused-ring (bicyclic) bond motifs is 1. The molecule has 2 aromatic heterocycles. The normalized spacial score (nSPS) is 14.6. The Kier molecular flexibility index (Phi) is 7.78. The SMILES string of the molecule is CCOC(=O)C1=C(c2ccccc2)N=c2s/c(=C\c3ccc(-c4cc([N+](=O)[O-])ccc4OC)o3)c(=O)n2[C@@H]1c1ccccc1. The first-order valence-electron chi connectivity index (χ1n) is 13.7. The summed E-state index contributed by atoms with van der Waals surface area (Å²) < 4.78 is 18.7. The number of thiazole rings is 1. The van der Waals surface area contributed by atoms with E-state index in [0.717, 1.165) is 11.1 Å². The molecule has 0 fully saturated rings. The number of carbonyl (C=O) groups is 1. The Bertz CT molecular complexity index is 2090. The highest BCUT2D eigenvalue weighted by Gasteiger charge is 2.35. The first-order valence-corrected chi connectivity index (χ1v) is 14.5. The van der Waals surface area contributed by atoms with Gasteiger partial charge in [-0.15, -0.1) is 0 Å². The van der Waals surface area contributed by atoms with Crippen LogP contribution in [0.5, 0.6) is 5.75 Å². The number of nitro benzene ring substituents is 1. The van der Waals surface area contributed by atoms with Crippen molar-refractivity contribution < 1.29 is 23.6 Å². The summed E-state index contributed by atoms with van der Waals surface area (Å²) in [6.07, 6.45) is 1.59. The molecule has 1 aliphatic heterocycles. The molecule has 0 amide bonds. The molecule has 6 rings (SSSR count). The van der Waals surface area contributed by atoms with Crippen molar-refractivity contribution in [1.82, 2.24) is 4.57 Å². The molecule has 0 radical (unpaired) electrons. The van der Waals surface area contributed by atoms with Crippen LogP contribution in [-0.4, -0.2) is 29.2 Å². The summed E-state index contributed by atoms with van der Waals surface area (Å²) in [5.41, 5.74) is 2.07. The van der Waals surface area contributed by atoms with Gasteiger partial charge in [-0.3, -0.25) is 19.5 Å². The number of nitrogens with zero attached hydrogens (tertiary/aromatic N) is 3. The maximum absolute atomic E-state index is 14.0. The molecule has 44 heavy (non-hydrogen) atoms. The van der Waals surface area contributed by atoms with Crippen LogP contribution in [0.2, 0.25) is 0 Å². The van der Waals surface area contributed by atoms with E-state index in [2.05, 4.69) is 0 Å². The Morgan fingerprint density at radius 1 is 1.07 bits per heavy atom. The Labute approximate surface area is 254 Å². The highest BCUT2D eigenvalue weighted by molar-refractivity contribution is 7.07. The number of non-ortho nitro benzene ring substituents is 1. The number of carbonyl (C=O) groups excluding carboxylic acids is 1. The van der Waals surface area contributed by atoms with Gasteiger partial charge in [0.25, 0.3) is 11.2 Å². The summed E-state index contributed by atoms with van der Waals surface area (Å²) in [6, 6.07) is 25.4. The number of benzene rings is 3. The summed E-state index contributed by atoms with van der Waals surface area (Å²) in [4.78, 5) is 43.7. The van der Waals surface area contributed by atoms with Crippen LogP contribution in [0, 0.1) is 10.1 Å². The zero-order chi connectivity index (χ0) is 30.8. The average molecular weight is 608 g/mol. The number of hydrogen-bond acceptors (Lipinski definition) is 9. The van der Waals surface area contributed by atoms with Gasteiger partial charge in [0.1, 0.15) is 17.3 Å². The molecule has 0 saturated carbocycles. The number of esters is 1. The second kappa shape index (κ2) is 12.0. The number of aromatic nitrogens is 1. The predicted molar refractivity (Wildman–Crippen MR) is 165 cm³/mol. The number of rotatable bonds is 8. The summed E-state index contributed by atoms with van der Waals surface area (Å²) in [6.45, 7) is 1.89. The number of ether oxygens (including phenoxy) is 2. The molecule has 11 heteroatoms. The zero-order valence-electron chi connectivity index (χ0n) is 23.6. The molecule has 1 atom stereocenters. The highest BCUT2D eigenvalue weighted by Crippen LogP contribution is 2.36. The second-order valence-electron chi connectivity index (χ2n) is 9.69. The molecular formula is C33H25N3O7S. The van der Waals surface area contributed by atoms with Crippen LogP contribution in [0.25, 0.3) is 23.1 Å². The van der Waals surface area contributed by atoms with E-state index in [0.29, 0.717) is 37.9 Å². The average Bonchev–Trinajstić information content (AvgIpc) is 3.64. The minimum Gasteiger partial charge on any atom is -0.496 e. The number of hydrogen-bond donors (Lipinski definition) is 0. The fourth-order valence-electron chi connectivity index (χ4n) is 5.10. The third kappa shape index (κ3) is 5.25. The van der Waals surface area contributed by atoms with Crippen molar-refractivity contribution in [2.24, 2.45) is 4.99 Å². The summed E-state index contributed by atoms with van der Waals surface area (Å²) >= 11 is 1.17. The molecule has 10 nitrogen and oxygen atoms in total. The van der Waals surface area contributed by atoms with E-state index in [-0.39, 0.29) is 23.4 Å². The minimum absolute atomic E-state index is 0.111. The lowest BCUT2D eigenvalue weighted by Gasteiger charge is -2.25. The molecule has 1 aliphatic rings. The van der Waals surface area contributed by atoms with Gasteiger partial charge in [0, 0.05) is 23.8 Å². The number of nitro groups is 1. The Hall–Kier alpha value is -5.55. The Morgan fingerprint density at radius 2 is 1.80 bits per heavy atom. The smallest absolute Gasteiger partial charge is 0.338 e. The molecule has 5 aromatic rings. The standard InChI is InChI=1S/C33H25N3O7S/c1-3-42-32(38)28-29(20-10-6-4-7-11-20)34-33-35(30(28)21-12-8-5-9-13-21)31(37)27(44-33)19-23-15-17-26(43-23)24-18-22(36(39)40)14-16-25(24)41-2/h4-19,30H,3H2,1-2H3/b27-19-/t30-/m1/s1. The van der Waals surface area contributed by atoms with Crippen molar-refractivity contribution >= 4 is 34.8 Å². The summed E-state index contributed by atoms with van der Waals surface area (Å²) in [5, 5.41) is 11.4. The maximum Gasteiger partial charge on any atom is 0.338 e. The van der Waals surface area contributed by atoms with E-state index in [1.807, 2.05) is 60.7 Å². The highest BCUT2D eigenvalue weighted by atomic mass is 32.1. The van der Waals surface area contributed by atoms with Crippen molar-refractivity contribution in [1.29, 1.82) is 0 Å². The van der Waals surface area contributed by atoms with Crippen LogP contribution in [-0.2, 0) is 9.53 Å². The van der Waals surface area contributed by atoms with Crippen LogP contribution < -0.4 is 19.6 Å². The Balaban J connectivity index is 1.53. The summed E-state index contributed by atoms with van der Waals surface area (Å²) in [7, 11) is 1.46. The third-order valence-electron chi connectivity index (χ3n) is 7.05. The van der Waals surface area contributed by atoms with Crippen molar-refractivity contribution in [3.8, 4) is 17.1 Å². The molecular weight excluding hydrogens is 582 g/mol. The Morgan fingerprint density at radius 3 is 2.48 bits per heavy atom. The van der Waals surface area contributed by atoms with E-state index >= 15 is 0 Å². The summed E-state index contributed by atoms with van der Waals surface area (Å²) in [5.74, 6) is 0.532. The van der Waals surface area contributed by atoms with Gasteiger partial charge in [0.2, 0.25) is 0 Å². The first-order chi connectivity index (χ1) is 21.4. The second-order valence-corrected chi connectivity index (χ2v) is 10.7. The van der Waals surface area contributed by atoms with Crippen LogP contribution >= 0.6 is 11.3 Å². The molecule has 0 N–H and O–H groups in total. The van der Waals surface area contributed by atoms with E-state index in [4.69, 9.17) is 18.9 Å². The predicted octanol–water partition coefficient (Wildman–Crippen LogP) is 5.11. The molecule has 220 valence electrons. The largest absolute Gasteiger partial charge is 0.496 e. The molecule has 0 saturated heterocycles. The van der Waals surface area contributed by atoms with Crippen molar-refractivity contribution in [3.05, 3.63) is 143 Å². The lowest BCUT2D eigenvalue weighted by atomic mass is 9.93. The van der Waals surface area contributed by atoms with Gasteiger partial charge in [-0.2, -0.15) is 0 Å². The number of methoxy groups -OCH3 is 1. The van der Waals surface area contributed by atoms with Gasteiger partial charge in [-0.05, 0) is 30.7 Å². The minimum atomic E-state index is -0.787. The molecule has 3 aromatic carbocycles. The van der Waals surface area contributed by atoms with Gasteiger partial charge < -0.3 is 13.9 Å².